The Balaban J connectivity index is 1.67. The van der Waals surface area contributed by atoms with Gasteiger partial charge in [-0.15, -0.1) is 0 Å². The lowest BCUT2D eigenvalue weighted by atomic mass is 9.97. The molecule has 0 radical (unpaired) electrons. The SMILES string of the molecule is NC1(C(=O)N2CCN(S(=O)(=O)c3cccc(Cl)c3)CC2)CCCC1. The monoisotopic (exact) mass is 371 g/mol. The molecule has 1 aliphatic heterocycles. The van der Waals surface area contributed by atoms with E-state index in [2.05, 4.69) is 0 Å². The summed E-state index contributed by atoms with van der Waals surface area (Å²) in [4.78, 5) is 14.5. The molecule has 132 valence electrons. The lowest BCUT2D eigenvalue weighted by Crippen LogP contribution is -2.59. The fourth-order valence-corrected chi connectivity index (χ4v) is 5.17. The van der Waals surface area contributed by atoms with Crippen molar-refractivity contribution in [2.24, 2.45) is 5.73 Å². The van der Waals surface area contributed by atoms with Crippen LogP contribution < -0.4 is 5.73 Å². The molecule has 1 aliphatic carbocycles. The Bertz CT molecular complexity index is 724. The van der Waals surface area contributed by atoms with Gasteiger partial charge in [-0.25, -0.2) is 8.42 Å². The highest BCUT2D eigenvalue weighted by Gasteiger charge is 2.41. The van der Waals surface area contributed by atoms with Crippen LogP contribution in [0, 0.1) is 0 Å². The molecule has 1 aromatic carbocycles. The second kappa shape index (κ2) is 6.63. The Morgan fingerprint density at radius 3 is 2.33 bits per heavy atom. The summed E-state index contributed by atoms with van der Waals surface area (Å²) in [6.45, 7) is 1.29. The zero-order valence-corrected chi connectivity index (χ0v) is 15.0. The van der Waals surface area contributed by atoms with Crippen LogP contribution in [0.15, 0.2) is 29.2 Å². The van der Waals surface area contributed by atoms with Gasteiger partial charge in [-0.2, -0.15) is 4.31 Å². The second-order valence-corrected chi connectivity index (χ2v) is 8.89. The third kappa shape index (κ3) is 3.31. The summed E-state index contributed by atoms with van der Waals surface area (Å²) in [5.74, 6) is -0.0418. The number of sulfonamides is 1. The molecule has 1 saturated carbocycles. The number of halogens is 1. The summed E-state index contributed by atoms with van der Waals surface area (Å²) >= 11 is 5.89. The van der Waals surface area contributed by atoms with Crippen molar-refractivity contribution in [2.45, 2.75) is 36.1 Å². The van der Waals surface area contributed by atoms with Crippen molar-refractivity contribution in [1.82, 2.24) is 9.21 Å². The lowest BCUT2D eigenvalue weighted by Gasteiger charge is -2.37. The maximum atomic E-state index is 12.7. The molecule has 0 bridgehead atoms. The number of hydrogen-bond acceptors (Lipinski definition) is 4. The van der Waals surface area contributed by atoms with Gasteiger partial charge in [-0.05, 0) is 31.0 Å². The fraction of sp³-hybridized carbons (Fsp3) is 0.562. The smallest absolute Gasteiger partial charge is 0.243 e. The number of carbonyl (C=O) groups excluding carboxylic acids is 1. The molecule has 2 N–H and O–H groups in total. The summed E-state index contributed by atoms with van der Waals surface area (Å²) in [7, 11) is -3.59. The van der Waals surface area contributed by atoms with Crippen molar-refractivity contribution in [1.29, 1.82) is 0 Å². The third-order valence-electron chi connectivity index (χ3n) is 4.88. The Morgan fingerprint density at radius 1 is 1.12 bits per heavy atom. The Labute approximate surface area is 147 Å². The standard InChI is InChI=1S/C16H22ClN3O3S/c17-13-4-3-5-14(12-13)24(22,23)20-10-8-19(9-11-20)15(21)16(18)6-1-2-7-16/h3-5,12H,1-2,6-11,18H2. The van der Waals surface area contributed by atoms with E-state index in [-0.39, 0.29) is 23.9 Å². The number of rotatable bonds is 3. The summed E-state index contributed by atoms with van der Waals surface area (Å²) in [5, 5.41) is 0.385. The first-order valence-corrected chi connectivity index (χ1v) is 9.99. The van der Waals surface area contributed by atoms with Crippen LogP contribution in [0.5, 0.6) is 0 Å². The molecule has 24 heavy (non-hydrogen) atoms. The van der Waals surface area contributed by atoms with Gasteiger partial charge in [0, 0.05) is 31.2 Å². The highest BCUT2D eigenvalue weighted by atomic mass is 35.5. The predicted octanol–water partition coefficient (Wildman–Crippen LogP) is 1.44. The molecule has 2 aliphatic rings. The van der Waals surface area contributed by atoms with E-state index in [9.17, 15) is 13.2 Å². The minimum Gasteiger partial charge on any atom is -0.338 e. The van der Waals surface area contributed by atoms with Gasteiger partial charge in [-0.1, -0.05) is 30.5 Å². The van der Waals surface area contributed by atoms with Gasteiger partial charge in [0.1, 0.15) is 0 Å². The zero-order chi connectivity index (χ0) is 17.4. The van der Waals surface area contributed by atoms with Gasteiger partial charge in [0.15, 0.2) is 0 Å². The Morgan fingerprint density at radius 2 is 1.75 bits per heavy atom. The zero-order valence-electron chi connectivity index (χ0n) is 13.4. The third-order valence-corrected chi connectivity index (χ3v) is 7.01. The summed E-state index contributed by atoms with van der Waals surface area (Å²) in [6.07, 6.45) is 3.39. The van der Waals surface area contributed by atoms with Crippen molar-refractivity contribution in [3.8, 4) is 0 Å². The van der Waals surface area contributed by atoms with Crippen LogP contribution in [-0.2, 0) is 14.8 Å². The summed E-state index contributed by atoms with van der Waals surface area (Å²) < 4.78 is 26.8. The van der Waals surface area contributed by atoms with E-state index < -0.39 is 15.6 Å². The highest BCUT2D eigenvalue weighted by molar-refractivity contribution is 7.89. The molecule has 6 nitrogen and oxygen atoms in total. The first-order valence-electron chi connectivity index (χ1n) is 8.17. The van der Waals surface area contributed by atoms with Crippen molar-refractivity contribution < 1.29 is 13.2 Å². The second-order valence-electron chi connectivity index (χ2n) is 6.52. The van der Waals surface area contributed by atoms with E-state index in [0.29, 0.717) is 31.0 Å². The van der Waals surface area contributed by atoms with Crippen LogP contribution >= 0.6 is 11.6 Å². The van der Waals surface area contributed by atoms with Gasteiger partial charge in [-0.3, -0.25) is 4.79 Å². The van der Waals surface area contributed by atoms with Crippen molar-refractivity contribution in [3.63, 3.8) is 0 Å². The first-order chi connectivity index (χ1) is 11.3. The first kappa shape index (κ1) is 17.7. The molecule has 3 rings (SSSR count). The molecule has 1 amide bonds. The number of nitrogens with two attached hydrogens (primary N) is 1. The van der Waals surface area contributed by atoms with E-state index in [4.69, 9.17) is 17.3 Å². The molecule has 0 aromatic heterocycles. The molecule has 0 atom stereocenters. The van der Waals surface area contributed by atoms with Crippen molar-refractivity contribution >= 4 is 27.5 Å². The molecular weight excluding hydrogens is 350 g/mol. The van der Waals surface area contributed by atoms with E-state index in [1.807, 2.05) is 0 Å². The minimum absolute atomic E-state index is 0.0418. The van der Waals surface area contributed by atoms with Crippen molar-refractivity contribution in [3.05, 3.63) is 29.3 Å². The van der Waals surface area contributed by atoms with Gasteiger partial charge in [0.2, 0.25) is 15.9 Å². The Hall–Kier alpha value is -1.15. The topological polar surface area (TPSA) is 83.7 Å². The fourth-order valence-electron chi connectivity index (χ4n) is 3.44. The summed E-state index contributed by atoms with van der Waals surface area (Å²) in [5.41, 5.74) is 5.47. The highest BCUT2D eigenvalue weighted by Crippen LogP contribution is 2.29. The van der Waals surface area contributed by atoms with Gasteiger partial charge < -0.3 is 10.6 Å². The van der Waals surface area contributed by atoms with Gasteiger partial charge >= 0.3 is 0 Å². The maximum absolute atomic E-state index is 12.7. The molecule has 8 heteroatoms. The van der Waals surface area contributed by atoms with E-state index >= 15 is 0 Å². The number of piperazine rings is 1. The molecule has 1 heterocycles. The molecule has 1 saturated heterocycles. The average molecular weight is 372 g/mol. The Kier molecular flexibility index (Phi) is 4.88. The van der Waals surface area contributed by atoms with Gasteiger partial charge in [0.05, 0.1) is 10.4 Å². The maximum Gasteiger partial charge on any atom is 0.243 e. The molecule has 1 aromatic rings. The molecule has 0 unspecified atom stereocenters. The van der Waals surface area contributed by atoms with Crippen LogP contribution in [-0.4, -0.2) is 55.2 Å². The lowest BCUT2D eigenvalue weighted by molar-refractivity contribution is -0.138. The largest absolute Gasteiger partial charge is 0.338 e. The number of hydrogen-bond donors (Lipinski definition) is 1. The number of amides is 1. The molecule has 0 spiro atoms. The van der Waals surface area contributed by atoms with Crippen LogP contribution in [0.25, 0.3) is 0 Å². The summed E-state index contributed by atoms with van der Waals surface area (Å²) in [6, 6.07) is 6.24. The average Bonchev–Trinajstić information content (AvgIpc) is 3.02. The van der Waals surface area contributed by atoms with Gasteiger partial charge in [0.25, 0.3) is 0 Å². The number of benzene rings is 1. The van der Waals surface area contributed by atoms with E-state index in [0.717, 1.165) is 12.8 Å². The van der Waals surface area contributed by atoms with E-state index in [1.54, 1.807) is 17.0 Å². The van der Waals surface area contributed by atoms with Crippen molar-refractivity contribution in [2.75, 3.05) is 26.2 Å². The number of nitrogens with zero attached hydrogens (tertiary/aromatic N) is 2. The predicted molar refractivity (Wildman–Crippen MR) is 92.2 cm³/mol. The molecular formula is C16H22ClN3O3S. The van der Waals surface area contributed by atoms with Crippen LogP contribution in [0.1, 0.15) is 25.7 Å². The number of carbonyl (C=O) groups is 1. The van der Waals surface area contributed by atoms with Crippen LogP contribution in [0.3, 0.4) is 0 Å². The molecule has 2 fully saturated rings. The quantitative estimate of drug-likeness (QED) is 0.871. The van der Waals surface area contributed by atoms with Crippen LogP contribution in [0.2, 0.25) is 5.02 Å². The minimum atomic E-state index is -3.59. The van der Waals surface area contributed by atoms with E-state index in [1.165, 1.54) is 16.4 Å². The normalized spacial score (nSPS) is 21.8. The van der Waals surface area contributed by atoms with Crippen LogP contribution in [0.4, 0.5) is 0 Å².